The summed E-state index contributed by atoms with van der Waals surface area (Å²) in [5, 5.41) is 8.96. The monoisotopic (exact) mass is 434 g/mol. The number of methoxy groups -OCH3 is 1. The number of rotatable bonds is 4. The molecule has 1 unspecified atom stereocenters. The molecule has 2 aromatic carbocycles. The molecule has 10 heteroatoms. The predicted octanol–water partition coefficient (Wildman–Crippen LogP) is 5.59. The van der Waals surface area contributed by atoms with E-state index in [0.29, 0.717) is 5.75 Å². The van der Waals surface area contributed by atoms with Gasteiger partial charge in [-0.05, 0) is 36.4 Å². The molecule has 148 valence electrons. The number of fused-ring (bicyclic) bond motifs is 1. The van der Waals surface area contributed by atoms with Crippen molar-refractivity contribution in [2.45, 2.75) is 12.3 Å². The fraction of sp³-hybridized carbons (Fsp3) is 0.167. The van der Waals surface area contributed by atoms with E-state index in [0.717, 1.165) is 12.1 Å². The van der Waals surface area contributed by atoms with E-state index in [2.05, 4.69) is 0 Å². The molecule has 28 heavy (non-hydrogen) atoms. The van der Waals surface area contributed by atoms with Crippen LogP contribution in [-0.2, 0) is 4.79 Å². The summed E-state index contributed by atoms with van der Waals surface area (Å²) in [4.78, 5) is 11.4. The van der Waals surface area contributed by atoms with E-state index in [1.165, 1.54) is 7.11 Å². The quantitative estimate of drug-likeness (QED) is 0.679. The lowest BCUT2D eigenvalue weighted by Crippen LogP contribution is -2.40. The number of hydrogen-bond acceptors (Lipinski definition) is 4. The molecule has 0 amide bonds. The topological polar surface area (TPSA) is 65.0 Å². The summed E-state index contributed by atoms with van der Waals surface area (Å²) in [6.07, 6.45) is -6.83. The largest absolute Gasteiger partial charge is 0.497 e. The van der Waals surface area contributed by atoms with Crippen molar-refractivity contribution >= 4 is 35.2 Å². The molecule has 0 radical (unpaired) electrons. The first-order valence-corrected chi connectivity index (χ1v) is 8.39. The molecule has 0 fully saturated rings. The van der Waals surface area contributed by atoms with Gasteiger partial charge in [-0.2, -0.15) is 13.2 Å². The maximum Gasteiger partial charge on any atom is 0.430 e. The second kappa shape index (κ2) is 7.44. The van der Waals surface area contributed by atoms with Crippen LogP contribution in [0.1, 0.15) is 5.56 Å². The number of carboxylic acid groups (broad SMARTS) is 1. The van der Waals surface area contributed by atoms with Crippen molar-refractivity contribution in [2.75, 3.05) is 7.11 Å². The van der Waals surface area contributed by atoms with Crippen LogP contribution in [0.5, 0.6) is 23.0 Å². The second-order valence-corrected chi connectivity index (χ2v) is 6.45. The summed E-state index contributed by atoms with van der Waals surface area (Å²) in [5.41, 5.74) is -1.12. The van der Waals surface area contributed by atoms with Crippen molar-refractivity contribution in [1.29, 1.82) is 0 Å². The van der Waals surface area contributed by atoms with Gasteiger partial charge in [-0.3, -0.25) is 0 Å². The van der Waals surface area contributed by atoms with Crippen LogP contribution in [0.2, 0.25) is 10.0 Å². The number of benzene rings is 2. The highest BCUT2D eigenvalue weighted by Gasteiger charge is 2.49. The zero-order valence-electron chi connectivity index (χ0n) is 14.0. The van der Waals surface area contributed by atoms with E-state index in [1.807, 2.05) is 0 Å². The highest BCUT2D eigenvalue weighted by atomic mass is 35.5. The van der Waals surface area contributed by atoms with Crippen molar-refractivity contribution in [3.05, 3.63) is 51.5 Å². The van der Waals surface area contributed by atoms with Crippen LogP contribution < -0.4 is 14.2 Å². The third-order valence-corrected chi connectivity index (χ3v) is 4.38. The van der Waals surface area contributed by atoms with E-state index in [1.54, 1.807) is 24.3 Å². The van der Waals surface area contributed by atoms with Gasteiger partial charge in [0.2, 0.25) is 6.10 Å². The molecule has 1 aliphatic heterocycles. The highest BCUT2D eigenvalue weighted by molar-refractivity contribution is 6.37. The predicted molar refractivity (Wildman–Crippen MR) is 95.6 cm³/mol. The second-order valence-electron chi connectivity index (χ2n) is 5.63. The van der Waals surface area contributed by atoms with Gasteiger partial charge in [-0.1, -0.05) is 23.2 Å². The Morgan fingerprint density at radius 1 is 1.14 bits per heavy atom. The highest BCUT2D eigenvalue weighted by Crippen LogP contribution is 2.48. The molecular weight excluding hydrogens is 424 g/mol. The van der Waals surface area contributed by atoms with Gasteiger partial charge in [0, 0.05) is 0 Å². The molecule has 1 aliphatic rings. The molecule has 0 saturated heterocycles. The molecule has 0 saturated carbocycles. The molecule has 0 aromatic heterocycles. The summed E-state index contributed by atoms with van der Waals surface area (Å²) >= 11 is 12.1. The fourth-order valence-corrected chi connectivity index (χ4v) is 3.11. The lowest BCUT2D eigenvalue weighted by molar-refractivity contribution is -0.187. The van der Waals surface area contributed by atoms with Crippen LogP contribution in [0.25, 0.3) is 6.08 Å². The minimum absolute atomic E-state index is 0.0328. The van der Waals surface area contributed by atoms with Crippen molar-refractivity contribution in [1.82, 2.24) is 0 Å². The van der Waals surface area contributed by atoms with Crippen LogP contribution in [0.3, 0.4) is 0 Å². The van der Waals surface area contributed by atoms with Gasteiger partial charge >= 0.3 is 12.1 Å². The number of halogens is 5. The first-order valence-electron chi connectivity index (χ1n) is 7.64. The third-order valence-electron chi connectivity index (χ3n) is 3.82. The smallest absolute Gasteiger partial charge is 0.430 e. The number of carboxylic acids is 1. The van der Waals surface area contributed by atoms with Crippen LogP contribution >= 0.6 is 23.2 Å². The van der Waals surface area contributed by atoms with Crippen LogP contribution in [0.15, 0.2) is 35.9 Å². The maximum absolute atomic E-state index is 13.2. The average molecular weight is 435 g/mol. The summed E-state index contributed by atoms with van der Waals surface area (Å²) in [7, 11) is 1.48. The molecule has 0 spiro atoms. The summed E-state index contributed by atoms with van der Waals surface area (Å²) in [6, 6.07) is 7.44. The minimum Gasteiger partial charge on any atom is -0.497 e. The molecule has 0 aliphatic carbocycles. The van der Waals surface area contributed by atoms with E-state index >= 15 is 0 Å². The molecule has 0 bridgehead atoms. The standard InChI is InChI=1S/C18H11Cl2F3O5/c1-26-8-2-4-9(5-3-8)27-14-10-6-11(17(24)25)16(18(21,22)23)28-15(10)13(20)7-12(14)19/h2-7,16H,1H3,(H,24,25). The molecule has 1 heterocycles. The Hall–Kier alpha value is -2.58. The molecule has 1 atom stereocenters. The van der Waals surface area contributed by atoms with E-state index in [9.17, 15) is 23.1 Å². The van der Waals surface area contributed by atoms with Gasteiger partial charge < -0.3 is 19.3 Å². The van der Waals surface area contributed by atoms with Gasteiger partial charge in [-0.15, -0.1) is 0 Å². The minimum atomic E-state index is -4.96. The molecular formula is C18H11Cl2F3O5. The number of alkyl halides is 3. The van der Waals surface area contributed by atoms with Gasteiger partial charge in [0.05, 0.1) is 28.3 Å². The Labute approximate surface area is 166 Å². The van der Waals surface area contributed by atoms with Crippen molar-refractivity contribution in [2.24, 2.45) is 0 Å². The van der Waals surface area contributed by atoms with E-state index in [4.69, 9.17) is 37.4 Å². The van der Waals surface area contributed by atoms with E-state index in [-0.39, 0.29) is 32.9 Å². The average Bonchev–Trinajstić information content (AvgIpc) is 2.63. The first-order chi connectivity index (χ1) is 13.1. The van der Waals surface area contributed by atoms with Crippen molar-refractivity contribution < 1.29 is 37.3 Å². The van der Waals surface area contributed by atoms with Crippen molar-refractivity contribution in [3.8, 4) is 23.0 Å². The SMILES string of the molecule is COc1ccc(Oc2c(Cl)cc(Cl)c3c2C=C(C(=O)O)C(C(F)(F)F)O3)cc1. The summed E-state index contributed by atoms with van der Waals surface area (Å²) < 4.78 is 55.3. The number of aliphatic carboxylic acids is 1. The number of carbonyl (C=O) groups is 1. The van der Waals surface area contributed by atoms with Gasteiger partial charge in [-0.25, -0.2) is 4.79 Å². The Morgan fingerprint density at radius 3 is 2.29 bits per heavy atom. The molecule has 5 nitrogen and oxygen atoms in total. The van der Waals surface area contributed by atoms with Gasteiger partial charge in [0.25, 0.3) is 0 Å². The van der Waals surface area contributed by atoms with Crippen LogP contribution in [0, 0.1) is 0 Å². The fourth-order valence-electron chi connectivity index (χ4n) is 2.55. The summed E-state index contributed by atoms with van der Waals surface area (Å²) in [5.74, 6) is -1.41. The zero-order chi connectivity index (χ0) is 20.6. The molecule has 3 rings (SSSR count). The Balaban J connectivity index is 2.12. The van der Waals surface area contributed by atoms with Crippen molar-refractivity contribution in [3.63, 3.8) is 0 Å². The van der Waals surface area contributed by atoms with Gasteiger partial charge in [0.1, 0.15) is 17.2 Å². The lowest BCUT2D eigenvalue weighted by atomic mass is 10.0. The van der Waals surface area contributed by atoms with E-state index < -0.39 is 23.8 Å². The third kappa shape index (κ3) is 3.83. The maximum atomic E-state index is 13.2. The molecule has 2 aromatic rings. The summed E-state index contributed by atoms with van der Waals surface area (Å²) in [6.45, 7) is 0. The zero-order valence-corrected chi connectivity index (χ0v) is 15.5. The normalized spacial score (nSPS) is 15.9. The number of ether oxygens (including phenoxy) is 3. The number of hydrogen-bond donors (Lipinski definition) is 1. The Morgan fingerprint density at radius 2 is 1.75 bits per heavy atom. The first kappa shape index (κ1) is 20.2. The molecule has 1 N–H and O–H groups in total. The lowest BCUT2D eigenvalue weighted by Gasteiger charge is -2.28. The van der Waals surface area contributed by atoms with Gasteiger partial charge in [0.15, 0.2) is 5.75 Å². The Kier molecular flexibility index (Phi) is 5.36. The van der Waals surface area contributed by atoms with Crippen LogP contribution in [-0.4, -0.2) is 30.5 Å². The Bertz CT molecular complexity index is 955. The van der Waals surface area contributed by atoms with Crippen LogP contribution in [0.4, 0.5) is 13.2 Å².